The van der Waals surface area contributed by atoms with Crippen molar-refractivity contribution in [1.82, 2.24) is 0 Å². The van der Waals surface area contributed by atoms with Crippen molar-refractivity contribution in [2.45, 2.75) is 95.5 Å². The van der Waals surface area contributed by atoms with Gasteiger partial charge in [-0.1, -0.05) is 99.2 Å². The third-order valence-corrected chi connectivity index (χ3v) is 12.1. The number of methoxy groups -OCH3 is 2. The average Bonchev–Trinajstić information content (AvgIpc) is 2.96. The highest BCUT2D eigenvalue weighted by atomic mass is 28.4. The molecule has 2 aromatic carbocycles. The van der Waals surface area contributed by atoms with Crippen molar-refractivity contribution in [1.29, 1.82) is 0 Å². The van der Waals surface area contributed by atoms with Crippen LogP contribution in [-0.4, -0.2) is 64.8 Å². The first kappa shape index (κ1) is 34.7. The maximum atomic E-state index is 10.9. The van der Waals surface area contributed by atoms with Crippen LogP contribution in [0.2, 0.25) is 18.1 Å². The van der Waals surface area contributed by atoms with Gasteiger partial charge in [0.05, 0.1) is 25.4 Å². The largest absolute Gasteiger partial charge is 0.417 e. The fraction of sp³-hybridized carbons (Fsp3) is 0.529. The van der Waals surface area contributed by atoms with Gasteiger partial charge in [0.2, 0.25) is 0 Å². The van der Waals surface area contributed by atoms with Gasteiger partial charge in [-0.2, -0.15) is 0 Å². The third kappa shape index (κ3) is 12.1. The first-order valence-electron chi connectivity index (χ1n) is 14.2. The second-order valence-electron chi connectivity index (χ2n) is 11.6. The van der Waals surface area contributed by atoms with E-state index in [9.17, 15) is 5.11 Å². The highest BCUT2D eigenvalue weighted by molar-refractivity contribution is 6.74. The Morgan fingerprint density at radius 3 is 1.78 bits per heavy atom. The van der Waals surface area contributed by atoms with Crippen LogP contribution in [-0.2, 0) is 36.6 Å². The zero-order valence-electron chi connectivity index (χ0n) is 25.8. The van der Waals surface area contributed by atoms with Crippen molar-refractivity contribution in [2.24, 2.45) is 0 Å². The summed E-state index contributed by atoms with van der Waals surface area (Å²) in [6, 6.07) is 19.6. The molecule has 2 rings (SSSR count). The van der Waals surface area contributed by atoms with Crippen molar-refractivity contribution in [3.63, 3.8) is 0 Å². The molecule has 0 amide bonds. The quantitative estimate of drug-likeness (QED) is 0.195. The zero-order chi connectivity index (χ0) is 30.3. The van der Waals surface area contributed by atoms with Crippen LogP contribution < -0.4 is 0 Å². The van der Waals surface area contributed by atoms with E-state index in [4.69, 9.17) is 29.8 Å². The number of hydrogen-bond donors (Lipinski definition) is 1. The Morgan fingerprint density at radius 2 is 1.32 bits per heavy atom. The van der Waals surface area contributed by atoms with Crippen LogP contribution in [0.5, 0.6) is 0 Å². The predicted octanol–water partition coefficient (Wildman–Crippen LogP) is 5.99. The van der Waals surface area contributed by atoms with Gasteiger partial charge in [0.1, 0.15) is 6.10 Å². The van der Waals surface area contributed by atoms with Gasteiger partial charge in [-0.25, -0.2) is 0 Å². The van der Waals surface area contributed by atoms with Crippen LogP contribution in [0.25, 0.3) is 0 Å². The van der Waals surface area contributed by atoms with Crippen molar-refractivity contribution in [3.05, 3.63) is 71.8 Å². The number of hydrogen-bond acceptors (Lipinski definition) is 6. The van der Waals surface area contributed by atoms with E-state index in [0.29, 0.717) is 26.2 Å². The van der Waals surface area contributed by atoms with Crippen LogP contribution >= 0.6 is 0 Å². The third-order valence-electron chi connectivity index (χ3n) is 7.52. The molecule has 0 aliphatic heterocycles. The summed E-state index contributed by atoms with van der Waals surface area (Å²) in [4.78, 5) is 0. The molecule has 7 heteroatoms. The lowest BCUT2D eigenvalue weighted by Gasteiger charge is -2.36. The van der Waals surface area contributed by atoms with E-state index >= 15 is 0 Å². The van der Waals surface area contributed by atoms with Crippen LogP contribution in [0.3, 0.4) is 0 Å². The Kier molecular flexibility index (Phi) is 14.8. The van der Waals surface area contributed by atoms with Gasteiger partial charge in [0.15, 0.2) is 20.5 Å². The molecule has 0 aliphatic carbocycles. The summed E-state index contributed by atoms with van der Waals surface area (Å²) in [5, 5.41) is 11.0. The van der Waals surface area contributed by atoms with Gasteiger partial charge in [0, 0.05) is 27.2 Å². The molecule has 1 unspecified atom stereocenters. The number of aliphatic hydroxyl groups excluding tert-OH is 1. The van der Waals surface area contributed by atoms with Crippen molar-refractivity contribution in [3.8, 4) is 24.2 Å². The summed E-state index contributed by atoms with van der Waals surface area (Å²) >= 11 is 0. The first-order valence-corrected chi connectivity index (χ1v) is 17.1. The molecule has 2 aromatic rings. The van der Waals surface area contributed by atoms with Gasteiger partial charge in [-0.3, -0.25) is 0 Å². The molecule has 0 radical (unpaired) electrons. The molecule has 224 valence electrons. The summed E-state index contributed by atoms with van der Waals surface area (Å²) in [6.07, 6.45) is 3.70. The van der Waals surface area contributed by atoms with Gasteiger partial charge in [-0.05, 0) is 35.7 Å². The summed E-state index contributed by atoms with van der Waals surface area (Å²) in [5.41, 5.74) is 1.98. The molecule has 41 heavy (non-hydrogen) atoms. The molecule has 0 aromatic heterocycles. The molecular weight excluding hydrogens is 532 g/mol. The average molecular weight is 581 g/mol. The smallest absolute Gasteiger partial charge is 0.191 e. The Morgan fingerprint density at radius 1 is 0.805 bits per heavy atom. The number of aliphatic hydroxyl groups is 1. The van der Waals surface area contributed by atoms with E-state index in [1.54, 1.807) is 14.2 Å². The molecule has 0 bridgehead atoms. The molecule has 0 spiro atoms. The Bertz CT molecular complexity index is 1100. The number of rotatable bonds is 16. The Labute approximate surface area is 248 Å². The van der Waals surface area contributed by atoms with Crippen LogP contribution in [0.15, 0.2) is 60.7 Å². The fourth-order valence-corrected chi connectivity index (χ4v) is 4.97. The first-order chi connectivity index (χ1) is 19.5. The van der Waals surface area contributed by atoms with Crippen molar-refractivity contribution in [2.75, 3.05) is 20.8 Å². The standard InChI is InChI=1S/C34H48O6Si/c1-9-30(38-25-27-16-12-10-13-17-27)32(39-26-28-18-14-11-15-19-28)21-20-29(35)24-33(37-6)31(36-5)22-23-40-41(7,8)34(2,3)4/h1,10-19,29-33,35H,22-26H2,2-8H3/t29?,30-,31-,32-,33-/m0/s1. The van der Waals surface area contributed by atoms with E-state index in [1.165, 1.54) is 0 Å². The molecule has 0 saturated carbocycles. The second-order valence-corrected chi connectivity index (χ2v) is 16.4. The van der Waals surface area contributed by atoms with E-state index in [1.807, 2.05) is 60.7 Å². The normalized spacial score (nSPS) is 15.6. The monoisotopic (exact) mass is 580 g/mol. The van der Waals surface area contributed by atoms with Gasteiger partial charge in [-0.15, -0.1) is 6.42 Å². The Hall–Kier alpha value is -2.46. The lowest BCUT2D eigenvalue weighted by molar-refractivity contribution is -0.0587. The van der Waals surface area contributed by atoms with Gasteiger partial charge >= 0.3 is 0 Å². The molecule has 1 N–H and O–H groups in total. The van der Waals surface area contributed by atoms with E-state index < -0.39 is 26.6 Å². The summed E-state index contributed by atoms with van der Waals surface area (Å²) in [6.45, 7) is 12.3. The maximum absolute atomic E-state index is 10.9. The molecule has 5 atom stereocenters. The van der Waals surface area contributed by atoms with E-state index in [2.05, 4.69) is 51.6 Å². The minimum atomic E-state index is -1.87. The number of benzene rings is 2. The lowest BCUT2D eigenvalue weighted by atomic mass is 10.0. The molecular formula is C34H48O6Si. The predicted molar refractivity (Wildman–Crippen MR) is 167 cm³/mol. The Balaban J connectivity index is 2.08. The minimum absolute atomic E-state index is 0.127. The van der Waals surface area contributed by atoms with E-state index in [0.717, 1.165) is 11.1 Å². The molecule has 0 fully saturated rings. The van der Waals surface area contributed by atoms with Gasteiger partial charge in [0.25, 0.3) is 0 Å². The highest BCUT2D eigenvalue weighted by Crippen LogP contribution is 2.36. The van der Waals surface area contributed by atoms with E-state index in [-0.39, 0.29) is 23.7 Å². The van der Waals surface area contributed by atoms with Crippen LogP contribution in [0.1, 0.15) is 44.7 Å². The highest BCUT2D eigenvalue weighted by Gasteiger charge is 2.37. The van der Waals surface area contributed by atoms with Crippen molar-refractivity contribution >= 4 is 8.32 Å². The maximum Gasteiger partial charge on any atom is 0.191 e. The minimum Gasteiger partial charge on any atom is -0.417 e. The summed E-state index contributed by atoms with van der Waals surface area (Å²) < 4.78 is 29.9. The van der Waals surface area contributed by atoms with Crippen molar-refractivity contribution < 1.29 is 28.5 Å². The molecule has 6 nitrogen and oxygen atoms in total. The van der Waals surface area contributed by atoms with Crippen LogP contribution in [0.4, 0.5) is 0 Å². The topological polar surface area (TPSA) is 66.4 Å². The molecule has 0 heterocycles. The zero-order valence-corrected chi connectivity index (χ0v) is 26.8. The molecule has 0 aliphatic rings. The number of ether oxygens (including phenoxy) is 4. The second kappa shape index (κ2) is 17.5. The summed E-state index contributed by atoms with van der Waals surface area (Å²) in [7, 11) is 1.39. The lowest BCUT2D eigenvalue weighted by Crippen LogP contribution is -2.42. The van der Waals surface area contributed by atoms with Crippen LogP contribution in [0, 0.1) is 24.2 Å². The molecule has 0 saturated heterocycles. The SMILES string of the molecule is C#C[C@H](OCc1ccccc1)[C@H](C#CC(O)C[C@H](OC)[C@H](CCO[Si](C)(C)C(C)(C)C)OC)OCc1ccccc1. The van der Waals surface area contributed by atoms with Gasteiger partial charge < -0.3 is 28.5 Å². The number of terminal acetylenes is 1. The fourth-order valence-electron chi connectivity index (χ4n) is 3.91. The summed E-state index contributed by atoms with van der Waals surface area (Å²) in [5.74, 6) is 8.63.